The number of fused-ring (bicyclic) bond motifs is 1. The smallest absolute Gasteiger partial charge is 0.269 e. The van der Waals surface area contributed by atoms with E-state index >= 15 is 0 Å². The van der Waals surface area contributed by atoms with Crippen LogP contribution in [0.5, 0.6) is 0 Å². The molecule has 1 aliphatic heterocycles. The number of non-ortho nitro benzene ring substituents is 1. The maximum absolute atomic E-state index is 12.5. The van der Waals surface area contributed by atoms with Crippen molar-refractivity contribution >= 4 is 35.1 Å². The van der Waals surface area contributed by atoms with Crippen LogP contribution in [0.15, 0.2) is 64.4 Å². The van der Waals surface area contributed by atoms with Crippen molar-refractivity contribution in [1.82, 2.24) is 4.57 Å². The number of nitro benzene ring substituents is 1. The van der Waals surface area contributed by atoms with E-state index in [4.69, 9.17) is 0 Å². The summed E-state index contributed by atoms with van der Waals surface area (Å²) < 4.78 is 2.02. The number of anilines is 1. The van der Waals surface area contributed by atoms with Gasteiger partial charge in [-0.1, -0.05) is 23.9 Å². The monoisotopic (exact) mass is 391 g/mol. The van der Waals surface area contributed by atoms with Gasteiger partial charge in [-0.15, -0.1) is 0 Å². The molecule has 0 fully saturated rings. The maximum atomic E-state index is 12.5. The van der Waals surface area contributed by atoms with E-state index in [2.05, 4.69) is 5.32 Å². The molecule has 2 heterocycles. The Labute approximate surface area is 166 Å². The Hall–Kier alpha value is -3.32. The lowest BCUT2D eigenvalue weighted by molar-refractivity contribution is -0.384. The summed E-state index contributed by atoms with van der Waals surface area (Å²) in [5.74, 6) is -0.121. The summed E-state index contributed by atoms with van der Waals surface area (Å²) in [5, 5.41) is 13.8. The van der Waals surface area contributed by atoms with Crippen molar-refractivity contribution in [3.05, 3.63) is 86.6 Å². The van der Waals surface area contributed by atoms with E-state index in [9.17, 15) is 14.9 Å². The number of rotatable bonds is 3. The first-order valence-corrected chi connectivity index (χ1v) is 9.49. The zero-order valence-electron chi connectivity index (χ0n) is 15.3. The minimum Gasteiger partial charge on any atom is -0.320 e. The zero-order chi connectivity index (χ0) is 19.8. The quantitative estimate of drug-likeness (QED) is 0.383. The molecule has 3 aromatic rings. The first-order valence-electron chi connectivity index (χ1n) is 8.68. The predicted molar refractivity (Wildman–Crippen MR) is 111 cm³/mol. The number of aromatic nitrogens is 1. The second-order valence-electron chi connectivity index (χ2n) is 6.50. The third-order valence-corrected chi connectivity index (χ3v) is 5.75. The highest BCUT2D eigenvalue weighted by molar-refractivity contribution is 8.04. The van der Waals surface area contributed by atoms with E-state index in [1.54, 1.807) is 12.1 Å². The number of amides is 1. The van der Waals surface area contributed by atoms with Gasteiger partial charge in [0.05, 0.1) is 15.5 Å². The molecular weight excluding hydrogens is 374 g/mol. The lowest BCUT2D eigenvalue weighted by Gasteiger charge is -2.18. The molecule has 1 aliphatic rings. The van der Waals surface area contributed by atoms with Gasteiger partial charge < -0.3 is 9.88 Å². The lowest BCUT2D eigenvalue weighted by atomic mass is 10.2. The molecule has 0 spiro atoms. The number of aryl methyl sites for hydroxylation is 1. The molecule has 1 amide bonds. The van der Waals surface area contributed by atoms with Crippen LogP contribution in [-0.2, 0) is 4.79 Å². The standard InChI is InChI=1S/C21H17N3O3S/c1-13-11-15(12-20-21(25)22-18-5-3-4-6-19(18)28-20)14(2)23(13)16-7-9-17(10-8-16)24(26)27/h3-12H,1-2H3,(H,22,25)/b20-12-. The van der Waals surface area contributed by atoms with Crippen LogP contribution in [0.1, 0.15) is 17.0 Å². The SMILES string of the molecule is Cc1cc(/C=C2\Sc3ccccc3NC2=O)c(C)n1-c1ccc([N+](=O)[O-])cc1. The van der Waals surface area contributed by atoms with E-state index in [1.165, 1.54) is 23.9 Å². The lowest BCUT2D eigenvalue weighted by Crippen LogP contribution is -2.17. The van der Waals surface area contributed by atoms with Gasteiger partial charge in [0.25, 0.3) is 11.6 Å². The summed E-state index contributed by atoms with van der Waals surface area (Å²) in [4.78, 5) is 24.6. The van der Waals surface area contributed by atoms with Gasteiger partial charge >= 0.3 is 0 Å². The average molecular weight is 391 g/mol. The Morgan fingerprint density at radius 3 is 2.54 bits per heavy atom. The van der Waals surface area contributed by atoms with E-state index in [0.29, 0.717) is 4.91 Å². The number of nitrogens with one attached hydrogen (secondary N) is 1. The van der Waals surface area contributed by atoms with Gasteiger partial charge in [0.1, 0.15) is 0 Å². The number of nitro groups is 1. The van der Waals surface area contributed by atoms with E-state index in [0.717, 1.165) is 33.2 Å². The summed E-state index contributed by atoms with van der Waals surface area (Å²) >= 11 is 1.45. The van der Waals surface area contributed by atoms with Crippen molar-refractivity contribution in [2.75, 3.05) is 5.32 Å². The molecule has 28 heavy (non-hydrogen) atoms. The summed E-state index contributed by atoms with van der Waals surface area (Å²) in [5.41, 5.74) is 4.61. The van der Waals surface area contributed by atoms with Gasteiger partial charge in [0, 0.05) is 34.1 Å². The number of para-hydroxylation sites is 1. The van der Waals surface area contributed by atoms with Crippen molar-refractivity contribution < 1.29 is 9.72 Å². The fourth-order valence-electron chi connectivity index (χ4n) is 3.30. The van der Waals surface area contributed by atoms with Gasteiger partial charge in [0.2, 0.25) is 0 Å². The molecule has 7 heteroatoms. The first kappa shape index (κ1) is 18.1. The molecular formula is C21H17N3O3S. The van der Waals surface area contributed by atoms with Crippen LogP contribution >= 0.6 is 11.8 Å². The Bertz CT molecular complexity index is 1130. The Morgan fingerprint density at radius 1 is 1.11 bits per heavy atom. The minimum atomic E-state index is -0.411. The topological polar surface area (TPSA) is 77.2 Å². The summed E-state index contributed by atoms with van der Waals surface area (Å²) in [6.45, 7) is 3.94. The Kier molecular flexibility index (Phi) is 4.52. The van der Waals surface area contributed by atoms with Gasteiger partial charge in [0.15, 0.2) is 0 Å². The van der Waals surface area contributed by atoms with Crippen LogP contribution < -0.4 is 5.32 Å². The molecule has 6 nitrogen and oxygen atoms in total. The molecule has 0 saturated heterocycles. The van der Waals surface area contributed by atoms with E-state index in [-0.39, 0.29) is 11.6 Å². The third kappa shape index (κ3) is 3.20. The number of hydrogen-bond donors (Lipinski definition) is 1. The summed E-state index contributed by atoms with van der Waals surface area (Å²) in [6, 6.07) is 16.2. The number of hydrogen-bond acceptors (Lipinski definition) is 4. The highest BCUT2D eigenvalue weighted by atomic mass is 32.2. The fourth-order valence-corrected chi connectivity index (χ4v) is 4.24. The van der Waals surface area contributed by atoms with E-state index in [1.807, 2.05) is 54.8 Å². The molecule has 0 atom stereocenters. The zero-order valence-corrected chi connectivity index (χ0v) is 16.1. The van der Waals surface area contributed by atoms with Crippen molar-refractivity contribution in [3.63, 3.8) is 0 Å². The predicted octanol–water partition coefficient (Wildman–Crippen LogP) is 5.09. The highest BCUT2D eigenvalue weighted by Crippen LogP contribution is 2.39. The molecule has 0 saturated carbocycles. The third-order valence-electron chi connectivity index (χ3n) is 4.65. The van der Waals surface area contributed by atoms with Gasteiger partial charge in [-0.2, -0.15) is 0 Å². The fraction of sp³-hybridized carbons (Fsp3) is 0.0952. The first-order chi connectivity index (χ1) is 13.4. The number of carbonyl (C=O) groups is 1. The van der Waals surface area contributed by atoms with Crippen LogP contribution in [0, 0.1) is 24.0 Å². The molecule has 4 rings (SSSR count). The maximum Gasteiger partial charge on any atom is 0.269 e. The Morgan fingerprint density at radius 2 is 1.82 bits per heavy atom. The van der Waals surface area contributed by atoms with Crippen LogP contribution in [0.2, 0.25) is 0 Å². The number of thioether (sulfide) groups is 1. The van der Waals surface area contributed by atoms with Crippen LogP contribution in [0.3, 0.4) is 0 Å². The van der Waals surface area contributed by atoms with Crippen molar-refractivity contribution in [2.45, 2.75) is 18.7 Å². The molecule has 140 valence electrons. The highest BCUT2D eigenvalue weighted by Gasteiger charge is 2.21. The number of carbonyl (C=O) groups excluding carboxylic acids is 1. The molecule has 1 aromatic heterocycles. The second kappa shape index (κ2) is 7.01. The van der Waals surface area contributed by atoms with Gasteiger partial charge in [-0.3, -0.25) is 14.9 Å². The Balaban J connectivity index is 1.71. The average Bonchev–Trinajstić information content (AvgIpc) is 2.95. The van der Waals surface area contributed by atoms with Crippen LogP contribution in [-0.4, -0.2) is 15.4 Å². The van der Waals surface area contributed by atoms with Crippen molar-refractivity contribution in [2.24, 2.45) is 0 Å². The van der Waals surface area contributed by atoms with Crippen LogP contribution in [0.4, 0.5) is 11.4 Å². The van der Waals surface area contributed by atoms with Crippen molar-refractivity contribution in [1.29, 1.82) is 0 Å². The van der Waals surface area contributed by atoms with Gasteiger partial charge in [-0.25, -0.2) is 0 Å². The van der Waals surface area contributed by atoms with Crippen molar-refractivity contribution in [3.8, 4) is 5.69 Å². The summed E-state index contributed by atoms with van der Waals surface area (Å²) in [6.07, 6.45) is 1.89. The number of nitrogens with zero attached hydrogens (tertiary/aromatic N) is 2. The minimum absolute atomic E-state index is 0.0579. The molecule has 2 aromatic carbocycles. The molecule has 0 aliphatic carbocycles. The van der Waals surface area contributed by atoms with E-state index < -0.39 is 4.92 Å². The second-order valence-corrected chi connectivity index (χ2v) is 7.58. The molecule has 0 bridgehead atoms. The molecule has 0 radical (unpaired) electrons. The molecule has 0 unspecified atom stereocenters. The largest absolute Gasteiger partial charge is 0.320 e. The summed E-state index contributed by atoms with van der Waals surface area (Å²) in [7, 11) is 0. The van der Waals surface area contributed by atoms with Gasteiger partial charge in [-0.05, 0) is 55.8 Å². The van der Waals surface area contributed by atoms with Crippen LogP contribution in [0.25, 0.3) is 11.8 Å². The normalized spacial score (nSPS) is 14.6. The number of benzene rings is 2. The molecule has 1 N–H and O–H groups in total.